The number of nitrogens with one attached hydrogen (secondary N) is 2. The van der Waals surface area contributed by atoms with Crippen LogP contribution in [0.3, 0.4) is 0 Å². The molecule has 3 heterocycles. The zero-order valence-corrected chi connectivity index (χ0v) is 52.3. The number of benzene rings is 2. The lowest BCUT2D eigenvalue weighted by molar-refractivity contribution is -0.142. The normalized spacial score (nSPS) is 21.2. The number of halogens is 1. The molecule has 474 valence electrons. The summed E-state index contributed by atoms with van der Waals surface area (Å²) in [6, 6.07) is 15.7. The maximum absolute atomic E-state index is 13.3. The predicted octanol–water partition coefficient (Wildman–Crippen LogP) is 6.94. The van der Waals surface area contributed by atoms with E-state index in [-0.39, 0.29) is 107 Å². The maximum Gasteiger partial charge on any atom is 0.326 e. The average molecular weight is 1240 g/mol. The highest BCUT2D eigenvalue weighted by Crippen LogP contribution is 2.53. The summed E-state index contributed by atoms with van der Waals surface area (Å²) in [5, 5.41) is 44.8. The maximum atomic E-state index is 13.3. The average Bonchev–Trinajstić information content (AvgIpc) is 1.64. The molecular weight excluding hydrogens is 1140 g/mol. The quantitative estimate of drug-likeness (QED) is 0.0321. The molecule has 21 nitrogen and oxygen atoms in total. The van der Waals surface area contributed by atoms with Crippen LogP contribution in [0.1, 0.15) is 123 Å². The molecule has 0 saturated carbocycles. The Morgan fingerprint density at radius 3 is 1.76 bits per heavy atom. The summed E-state index contributed by atoms with van der Waals surface area (Å²) in [5.41, 5.74) is 7.02. The number of carboxylic acid groups (broad SMARTS) is 4. The minimum atomic E-state index is -4.05. The van der Waals surface area contributed by atoms with Crippen molar-refractivity contribution < 1.29 is 62.2 Å². The standard InChI is InChI=1S/C63H91ClN8O13S/c1-61(2)48-20-8-10-23-51(48)71(53(61)27-26-46-18-17-19-47(59(46)64)28-29-63(5)62(3,4)49-21-9-11-24-52(49)72(63)32-15-16-41-86(83,84)85)31-14-6-7-25-54(73)65-30-13-12-22-50(60(81)82)66-55(74)42-67-33-35-68(43-56(75)76)37-39-70(45-58(79)80)40-38-69(36-34-67)44-57(77)78/h8-11,20-21,23-24,26-29,50H,6-7,12-19,22,25,30-45H2,1-5H3,(H,65,73)(H,66,74)(H,75,76)(H,77,78)(H,79,80)(H,81,82)(H,83,84,85)/b29-28+,46-26+,53-27+. The first kappa shape index (κ1) is 69.0. The highest BCUT2D eigenvalue weighted by Gasteiger charge is 2.52. The van der Waals surface area contributed by atoms with Gasteiger partial charge in [-0.25, -0.2) is 4.79 Å². The monoisotopic (exact) mass is 1230 g/mol. The van der Waals surface area contributed by atoms with E-state index >= 15 is 0 Å². The third-order valence-electron chi connectivity index (χ3n) is 17.6. The van der Waals surface area contributed by atoms with Gasteiger partial charge in [-0.2, -0.15) is 8.42 Å². The third-order valence-corrected chi connectivity index (χ3v) is 18.9. The van der Waals surface area contributed by atoms with Crippen LogP contribution in [0.4, 0.5) is 11.4 Å². The number of aliphatic carboxylic acids is 4. The van der Waals surface area contributed by atoms with Crippen molar-refractivity contribution in [3.63, 3.8) is 0 Å². The minimum absolute atomic E-state index is 0.0932. The van der Waals surface area contributed by atoms with Gasteiger partial charge >= 0.3 is 23.9 Å². The molecule has 2 aromatic rings. The molecule has 2 unspecified atom stereocenters. The smallest absolute Gasteiger partial charge is 0.326 e. The lowest BCUT2D eigenvalue weighted by Crippen LogP contribution is -2.52. The number of anilines is 2. The highest BCUT2D eigenvalue weighted by molar-refractivity contribution is 7.85. The largest absolute Gasteiger partial charge is 0.480 e. The van der Waals surface area contributed by atoms with Crippen LogP contribution in [-0.2, 0) is 49.7 Å². The van der Waals surface area contributed by atoms with Gasteiger partial charge in [-0.15, -0.1) is 0 Å². The molecule has 1 saturated heterocycles. The fourth-order valence-corrected chi connectivity index (χ4v) is 13.2. The van der Waals surface area contributed by atoms with Crippen LogP contribution in [0.2, 0.25) is 0 Å². The fourth-order valence-electron chi connectivity index (χ4n) is 12.3. The number of unbranched alkanes of at least 4 members (excludes halogenated alkanes) is 4. The molecular formula is C63H91ClN8O13S. The zero-order valence-electron chi connectivity index (χ0n) is 50.8. The molecule has 23 heteroatoms. The van der Waals surface area contributed by atoms with Crippen LogP contribution in [-0.4, -0.2) is 204 Å². The number of hydrogen-bond acceptors (Lipinski definition) is 14. The van der Waals surface area contributed by atoms with Crippen molar-refractivity contribution in [3.8, 4) is 0 Å². The Hall–Kier alpha value is -6.14. The van der Waals surface area contributed by atoms with Crippen LogP contribution < -0.4 is 20.4 Å². The Morgan fingerprint density at radius 1 is 0.640 bits per heavy atom. The molecule has 4 aliphatic rings. The molecule has 6 rings (SSSR count). The Balaban J connectivity index is 0.987. The molecule has 0 aromatic heterocycles. The molecule has 7 N–H and O–H groups in total. The summed E-state index contributed by atoms with van der Waals surface area (Å²) in [4.78, 5) is 84.9. The van der Waals surface area contributed by atoms with Gasteiger partial charge in [-0.3, -0.25) is 48.1 Å². The van der Waals surface area contributed by atoms with E-state index in [1.54, 1.807) is 19.6 Å². The van der Waals surface area contributed by atoms with Gasteiger partial charge in [0, 0.05) is 111 Å². The van der Waals surface area contributed by atoms with Gasteiger partial charge in [-0.05, 0) is 112 Å². The zero-order chi connectivity index (χ0) is 62.8. The first-order valence-electron chi connectivity index (χ1n) is 30.2. The van der Waals surface area contributed by atoms with Crippen molar-refractivity contribution in [2.45, 2.75) is 134 Å². The number of allylic oxidation sites excluding steroid dienone is 7. The molecule has 0 radical (unpaired) electrons. The summed E-state index contributed by atoms with van der Waals surface area (Å²) in [5.74, 6) is -5.34. The van der Waals surface area contributed by atoms with E-state index in [9.17, 15) is 62.2 Å². The van der Waals surface area contributed by atoms with E-state index in [2.05, 4.69) is 122 Å². The molecule has 2 aromatic carbocycles. The van der Waals surface area contributed by atoms with Crippen molar-refractivity contribution in [3.05, 3.63) is 106 Å². The number of carbonyl (C=O) groups excluding carboxylic acids is 2. The Bertz CT molecular complexity index is 2930. The third kappa shape index (κ3) is 19.4. The molecule has 1 aliphatic carbocycles. The second-order valence-electron chi connectivity index (χ2n) is 24.4. The van der Waals surface area contributed by atoms with Gasteiger partial charge in [0.1, 0.15) is 6.04 Å². The summed E-state index contributed by atoms with van der Waals surface area (Å²) in [7, 11) is -4.05. The molecule has 3 aliphatic heterocycles. The van der Waals surface area contributed by atoms with Crippen molar-refractivity contribution in [2.24, 2.45) is 0 Å². The van der Waals surface area contributed by atoms with Crippen molar-refractivity contribution >= 4 is 68.8 Å². The molecule has 1 fully saturated rings. The first-order valence-corrected chi connectivity index (χ1v) is 32.2. The molecule has 2 amide bonds. The van der Waals surface area contributed by atoms with E-state index in [1.807, 2.05) is 6.07 Å². The highest BCUT2D eigenvalue weighted by atomic mass is 35.5. The van der Waals surface area contributed by atoms with Crippen molar-refractivity contribution in [1.82, 2.24) is 30.2 Å². The van der Waals surface area contributed by atoms with Gasteiger partial charge in [0.25, 0.3) is 10.1 Å². The number of para-hydroxylation sites is 2. The summed E-state index contributed by atoms with van der Waals surface area (Å²) < 4.78 is 32.4. The molecule has 0 bridgehead atoms. The van der Waals surface area contributed by atoms with Crippen molar-refractivity contribution in [1.29, 1.82) is 0 Å². The predicted molar refractivity (Wildman–Crippen MR) is 333 cm³/mol. The second-order valence-corrected chi connectivity index (χ2v) is 26.3. The lowest BCUT2D eigenvalue weighted by atomic mass is 9.70. The van der Waals surface area contributed by atoms with E-state index in [0.717, 1.165) is 66.2 Å². The number of hydrogen-bond donors (Lipinski definition) is 7. The number of amides is 2. The van der Waals surface area contributed by atoms with Crippen LogP contribution >= 0.6 is 11.6 Å². The molecule has 2 atom stereocenters. The minimum Gasteiger partial charge on any atom is -0.480 e. The lowest BCUT2D eigenvalue weighted by Gasteiger charge is -2.44. The van der Waals surface area contributed by atoms with Crippen LogP contribution in [0.25, 0.3) is 0 Å². The number of nitrogens with zero attached hydrogens (tertiary/aromatic N) is 6. The van der Waals surface area contributed by atoms with Gasteiger partial charge < -0.3 is 40.9 Å². The van der Waals surface area contributed by atoms with E-state index in [0.29, 0.717) is 51.6 Å². The van der Waals surface area contributed by atoms with Crippen LogP contribution in [0.15, 0.2) is 94.7 Å². The topological polar surface area (TPSA) is 281 Å². The van der Waals surface area contributed by atoms with Gasteiger partial charge in [0.05, 0.1) is 37.5 Å². The fraction of sp³-hybridized carbons (Fsp3) is 0.587. The molecule has 0 spiro atoms. The van der Waals surface area contributed by atoms with Crippen LogP contribution in [0.5, 0.6) is 0 Å². The second kappa shape index (κ2) is 31.7. The Labute approximate surface area is 512 Å². The summed E-state index contributed by atoms with van der Waals surface area (Å²) in [6.07, 6.45) is 16.1. The van der Waals surface area contributed by atoms with E-state index in [1.165, 1.54) is 16.8 Å². The summed E-state index contributed by atoms with van der Waals surface area (Å²) in [6.45, 7) is 13.5. The first-order chi connectivity index (χ1) is 40.7. The van der Waals surface area contributed by atoms with E-state index < -0.39 is 51.5 Å². The van der Waals surface area contributed by atoms with Gasteiger partial charge in [-0.1, -0.05) is 100 Å². The number of carboxylic acids is 4. The summed E-state index contributed by atoms with van der Waals surface area (Å²) >= 11 is 7.34. The molecule has 86 heavy (non-hydrogen) atoms. The number of rotatable bonds is 29. The van der Waals surface area contributed by atoms with Crippen molar-refractivity contribution in [2.75, 3.05) is 114 Å². The Kier molecular flexibility index (Phi) is 25.4. The van der Waals surface area contributed by atoms with Gasteiger partial charge in [0.15, 0.2) is 0 Å². The van der Waals surface area contributed by atoms with E-state index in [4.69, 9.17) is 11.6 Å². The SMILES string of the molecule is CC1(C)/C(=C\C=C2/CCCC(/C=C/C3(C)N(CCCCS(=O)(=O)O)c4ccccc4C3(C)C)=C2Cl)N(CCCCCC(=O)NCCCCC(NC(=O)CN2CCN(CC(=O)O)CCN(CC(=O)O)CCN(CC(=O)O)CC2)C(=O)O)c2ccccc21. The number of fused-ring (bicyclic) bond motifs is 2. The Morgan fingerprint density at radius 2 is 1.19 bits per heavy atom. The van der Waals surface area contributed by atoms with Crippen LogP contribution in [0, 0.1) is 0 Å². The van der Waals surface area contributed by atoms with Gasteiger partial charge in [0.2, 0.25) is 11.8 Å². The number of carbonyl (C=O) groups is 6.